The molecule has 0 unspecified atom stereocenters. The lowest BCUT2D eigenvalue weighted by atomic mass is 10.1. The molecule has 1 saturated heterocycles. The van der Waals surface area contributed by atoms with Gasteiger partial charge in [-0.05, 0) is 36.8 Å². The van der Waals surface area contributed by atoms with Gasteiger partial charge in [0.25, 0.3) is 5.56 Å². The number of aromatic nitrogens is 2. The van der Waals surface area contributed by atoms with E-state index in [1.807, 2.05) is 4.90 Å². The van der Waals surface area contributed by atoms with Crippen molar-refractivity contribution in [3.8, 4) is 0 Å². The number of nitrogens with zero attached hydrogens (tertiary/aromatic N) is 4. The maximum absolute atomic E-state index is 14.9. The van der Waals surface area contributed by atoms with Gasteiger partial charge in [0.1, 0.15) is 17.3 Å². The Balaban J connectivity index is 1.50. The number of benzene rings is 2. The summed E-state index contributed by atoms with van der Waals surface area (Å²) in [7, 11) is 1.25. The van der Waals surface area contributed by atoms with E-state index in [-0.39, 0.29) is 23.7 Å². The highest BCUT2D eigenvalue weighted by Crippen LogP contribution is 2.33. The van der Waals surface area contributed by atoms with Crippen LogP contribution in [0.5, 0.6) is 0 Å². The van der Waals surface area contributed by atoms with Gasteiger partial charge in [0.15, 0.2) is 0 Å². The molecule has 2 aromatic carbocycles. The summed E-state index contributed by atoms with van der Waals surface area (Å²) in [6, 6.07) is 13.8. The number of carbonyl (C=O) groups excluding carboxylic acids is 1. The predicted molar refractivity (Wildman–Crippen MR) is 161 cm³/mol. The molecule has 5 rings (SSSR count). The average Bonchev–Trinajstić information content (AvgIpc) is 3.50. The van der Waals surface area contributed by atoms with Crippen LogP contribution in [0.15, 0.2) is 74.7 Å². The maximum Gasteiger partial charge on any atom is 0.416 e. The minimum atomic E-state index is -4.87. The molecule has 2 aromatic heterocycles. The molecule has 0 radical (unpaired) electrons. The zero-order valence-corrected chi connectivity index (χ0v) is 25.2. The van der Waals surface area contributed by atoms with Crippen LogP contribution in [0.1, 0.15) is 44.7 Å². The van der Waals surface area contributed by atoms with Gasteiger partial charge in [0.2, 0.25) is 5.76 Å². The Morgan fingerprint density at radius 3 is 2.30 bits per heavy atom. The van der Waals surface area contributed by atoms with Crippen LogP contribution in [0.25, 0.3) is 0 Å². The van der Waals surface area contributed by atoms with Gasteiger partial charge in [-0.2, -0.15) is 13.2 Å². The first kappa shape index (κ1) is 32.7. The summed E-state index contributed by atoms with van der Waals surface area (Å²) < 4.78 is 68.8. The van der Waals surface area contributed by atoms with Gasteiger partial charge in [-0.1, -0.05) is 36.4 Å². The van der Waals surface area contributed by atoms with Crippen LogP contribution in [0.4, 0.5) is 23.2 Å². The fourth-order valence-corrected chi connectivity index (χ4v) is 5.67. The number of piperazine rings is 1. The van der Waals surface area contributed by atoms with Crippen LogP contribution in [-0.2, 0) is 30.5 Å². The highest BCUT2D eigenvalue weighted by atomic mass is 19.4. The lowest BCUT2D eigenvalue weighted by Crippen LogP contribution is -2.51. The van der Waals surface area contributed by atoms with Gasteiger partial charge in [-0.15, -0.1) is 0 Å². The van der Waals surface area contributed by atoms with E-state index in [4.69, 9.17) is 10.2 Å². The Morgan fingerprint density at radius 1 is 0.957 bits per heavy atom. The Bertz CT molecular complexity index is 1830. The molecule has 10 nitrogen and oxygen atoms in total. The highest BCUT2D eigenvalue weighted by molar-refractivity contribution is 5.86. The van der Waals surface area contributed by atoms with E-state index in [2.05, 4.69) is 4.74 Å². The standard InChI is InChI=1S/C32H33F4N5O5/c1-20-28(39-15-13-38(14-16-39)17-22-11-12-27(46-22)30(43)45-2)29(42)41(19-26(37)21-7-4-3-5-8-21)31(44)40(20)18-23-24(32(34,35)36)9-6-10-25(23)33/h3-12,26H,13-19,37H2,1-2H3/t26-/m1/s1. The SMILES string of the molecule is COC(=O)c1ccc(CN2CCN(c3c(C)n(Cc4c(F)cccc4C(F)(F)F)c(=O)n(C[C@@H](N)c4ccccc4)c3=O)CC2)o1. The lowest BCUT2D eigenvalue weighted by molar-refractivity contribution is -0.138. The molecule has 1 atom stereocenters. The fourth-order valence-electron chi connectivity index (χ4n) is 5.67. The van der Waals surface area contributed by atoms with Crippen LogP contribution >= 0.6 is 0 Å². The first-order valence-electron chi connectivity index (χ1n) is 14.5. The number of carbonyl (C=O) groups is 1. The molecule has 0 bridgehead atoms. The lowest BCUT2D eigenvalue weighted by Gasteiger charge is -2.36. The normalized spacial score (nSPS) is 14.8. The van der Waals surface area contributed by atoms with E-state index >= 15 is 0 Å². The third-order valence-corrected chi connectivity index (χ3v) is 8.12. The van der Waals surface area contributed by atoms with Crippen LogP contribution in [0.3, 0.4) is 0 Å². The molecule has 1 aliphatic heterocycles. The summed E-state index contributed by atoms with van der Waals surface area (Å²) in [6.07, 6.45) is -4.87. The van der Waals surface area contributed by atoms with E-state index in [0.29, 0.717) is 44.0 Å². The third kappa shape index (κ3) is 6.77. The minimum absolute atomic E-state index is 0.0758. The van der Waals surface area contributed by atoms with Gasteiger partial charge < -0.3 is 19.8 Å². The van der Waals surface area contributed by atoms with Gasteiger partial charge in [0, 0.05) is 43.5 Å². The number of halogens is 4. The van der Waals surface area contributed by atoms with Crippen LogP contribution < -0.4 is 21.9 Å². The number of ether oxygens (including phenoxy) is 1. The second-order valence-electron chi connectivity index (χ2n) is 11.0. The minimum Gasteiger partial charge on any atom is -0.463 e. The quantitative estimate of drug-likeness (QED) is 0.216. The summed E-state index contributed by atoms with van der Waals surface area (Å²) in [6.45, 7) is 2.43. The molecule has 244 valence electrons. The van der Waals surface area contributed by atoms with Crippen molar-refractivity contribution in [1.29, 1.82) is 0 Å². The van der Waals surface area contributed by atoms with Gasteiger partial charge in [-0.25, -0.2) is 14.0 Å². The number of esters is 1. The summed E-state index contributed by atoms with van der Waals surface area (Å²) in [5.74, 6) is -1.10. The van der Waals surface area contributed by atoms with Crippen LogP contribution in [-0.4, -0.2) is 53.3 Å². The van der Waals surface area contributed by atoms with Gasteiger partial charge in [-0.3, -0.25) is 18.8 Å². The number of furan rings is 1. The number of hydrogen-bond acceptors (Lipinski definition) is 8. The molecule has 3 heterocycles. The fraction of sp³-hybridized carbons (Fsp3) is 0.344. The Hall–Kier alpha value is -4.69. The maximum atomic E-state index is 14.9. The molecular formula is C32H33F4N5O5. The Kier molecular flexibility index (Phi) is 9.49. The monoisotopic (exact) mass is 643 g/mol. The molecule has 0 amide bonds. The molecule has 0 spiro atoms. The molecule has 2 N–H and O–H groups in total. The molecule has 0 saturated carbocycles. The first-order chi connectivity index (χ1) is 21.9. The predicted octanol–water partition coefficient (Wildman–Crippen LogP) is 3.93. The summed E-state index contributed by atoms with van der Waals surface area (Å²) in [5, 5.41) is 0. The molecule has 46 heavy (non-hydrogen) atoms. The second kappa shape index (κ2) is 13.3. The number of anilines is 1. The topological polar surface area (TPSA) is 116 Å². The van der Waals surface area contributed by atoms with Crippen molar-refractivity contribution >= 4 is 11.7 Å². The summed E-state index contributed by atoms with van der Waals surface area (Å²) in [5.41, 5.74) is 3.81. The van der Waals surface area contributed by atoms with E-state index in [1.165, 1.54) is 20.1 Å². The Labute approximate surface area is 261 Å². The summed E-state index contributed by atoms with van der Waals surface area (Å²) >= 11 is 0. The number of hydrogen-bond donors (Lipinski definition) is 1. The number of methoxy groups -OCH3 is 1. The van der Waals surface area contributed by atoms with Crippen molar-refractivity contribution in [2.75, 3.05) is 38.2 Å². The number of alkyl halides is 3. The average molecular weight is 644 g/mol. The van der Waals surface area contributed by atoms with Gasteiger partial charge in [0.05, 0.1) is 32.3 Å². The molecule has 14 heteroatoms. The molecular weight excluding hydrogens is 610 g/mol. The van der Waals surface area contributed by atoms with E-state index in [1.54, 1.807) is 41.3 Å². The third-order valence-electron chi connectivity index (χ3n) is 8.12. The van der Waals surface area contributed by atoms with Gasteiger partial charge >= 0.3 is 17.8 Å². The van der Waals surface area contributed by atoms with Crippen molar-refractivity contribution in [2.24, 2.45) is 5.73 Å². The van der Waals surface area contributed by atoms with Crippen LogP contribution in [0.2, 0.25) is 0 Å². The molecule has 4 aromatic rings. The molecule has 0 aliphatic carbocycles. The zero-order valence-electron chi connectivity index (χ0n) is 25.2. The Morgan fingerprint density at radius 2 is 1.65 bits per heavy atom. The first-order valence-corrected chi connectivity index (χ1v) is 14.5. The van der Waals surface area contributed by atoms with E-state index in [0.717, 1.165) is 27.3 Å². The van der Waals surface area contributed by atoms with E-state index in [9.17, 15) is 31.9 Å². The van der Waals surface area contributed by atoms with Crippen molar-refractivity contribution in [2.45, 2.75) is 38.8 Å². The second-order valence-corrected chi connectivity index (χ2v) is 11.0. The number of rotatable bonds is 9. The van der Waals surface area contributed by atoms with E-state index < -0.39 is 52.9 Å². The largest absolute Gasteiger partial charge is 0.463 e. The number of nitrogens with two attached hydrogens (primary N) is 1. The zero-order chi connectivity index (χ0) is 33.2. The highest BCUT2D eigenvalue weighted by Gasteiger charge is 2.35. The molecule has 1 fully saturated rings. The van der Waals surface area contributed by atoms with Crippen molar-refractivity contribution in [1.82, 2.24) is 14.0 Å². The van der Waals surface area contributed by atoms with Crippen LogP contribution in [0, 0.1) is 12.7 Å². The molecule has 1 aliphatic rings. The van der Waals surface area contributed by atoms with Crippen molar-refractivity contribution in [3.05, 3.63) is 121 Å². The summed E-state index contributed by atoms with van der Waals surface area (Å²) in [4.78, 5) is 43.3. The van der Waals surface area contributed by atoms with Crippen molar-refractivity contribution in [3.63, 3.8) is 0 Å². The smallest absolute Gasteiger partial charge is 0.416 e. The van der Waals surface area contributed by atoms with Crippen molar-refractivity contribution < 1.29 is 31.5 Å².